The highest BCUT2D eigenvalue weighted by Crippen LogP contribution is 2.24. The van der Waals surface area contributed by atoms with Gasteiger partial charge in [-0.25, -0.2) is 8.42 Å². The lowest BCUT2D eigenvalue weighted by Gasteiger charge is -2.20. The van der Waals surface area contributed by atoms with Crippen LogP contribution in [0.25, 0.3) is 0 Å². The maximum absolute atomic E-state index is 11.4. The minimum Gasteiger partial charge on any atom is -0.397 e. The highest BCUT2D eigenvalue weighted by Gasteiger charge is 2.12. The Bertz CT molecular complexity index is 495. The third-order valence-corrected chi connectivity index (χ3v) is 3.94. The van der Waals surface area contributed by atoms with Crippen LogP contribution in [-0.4, -0.2) is 20.7 Å². The van der Waals surface area contributed by atoms with Gasteiger partial charge < -0.3 is 11.1 Å². The highest BCUT2D eigenvalue weighted by molar-refractivity contribution is 7.90. The van der Waals surface area contributed by atoms with Crippen molar-refractivity contribution in [1.29, 1.82) is 0 Å². The van der Waals surface area contributed by atoms with Crippen LogP contribution in [0.15, 0.2) is 23.1 Å². The summed E-state index contributed by atoms with van der Waals surface area (Å²) in [6.45, 7) is 6.28. The summed E-state index contributed by atoms with van der Waals surface area (Å²) in [5, 5.41) is 3.27. The normalized spacial score (nSPS) is 13.7. The van der Waals surface area contributed by atoms with Crippen LogP contribution in [0.4, 0.5) is 11.4 Å². The van der Waals surface area contributed by atoms with Crippen LogP contribution < -0.4 is 11.1 Å². The van der Waals surface area contributed by atoms with Gasteiger partial charge in [-0.2, -0.15) is 0 Å². The van der Waals surface area contributed by atoms with Crippen molar-refractivity contribution in [2.75, 3.05) is 17.3 Å². The smallest absolute Gasteiger partial charge is 0.175 e. The molecule has 3 N–H and O–H groups in total. The summed E-state index contributed by atoms with van der Waals surface area (Å²) in [5.74, 6) is 0.476. The lowest BCUT2D eigenvalue weighted by Crippen LogP contribution is -2.22. The Balaban J connectivity index is 2.99. The molecule has 0 aliphatic heterocycles. The van der Waals surface area contributed by atoms with E-state index in [9.17, 15) is 8.42 Å². The van der Waals surface area contributed by atoms with Gasteiger partial charge >= 0.3 is 0 Å². The standard InChI is InChI=1S/C12H20N2O2S/c1-8(2)9(3)14-12-6-5-10(7-11(12)13)17(4,15)16/h5-9,14H,13H2,1-4H3. The zero-order valence-electron chi connectivity index (χ0n) is 10.7. The molecule has 0 saturated carbocycles. The monoisotopic (exact) mass is 256 g/mol. The van der Waals surface area contributed by atoms with Gasteiger partial charge in [0.1, 0.15) is 0 Å². The SMILES string of the molecule is CC(C)C(C)Nc1ccc(S(C)(=O)=O)cc1N. The van der Waals surface area contributed by atoms with Gasteiger partial charge in [0.25, 0.3) is 0 Å². The Hall–Kier alpha value is -1.23. The van der Waals surface area contributed by atoms with E-state index in [-0.39, 0.29) is 10.9 Å². The molecule has 1 aromatic rings. The highest BCUT2D eigenvalue weighted by atomic mass is 32.2. The molecule has 96 valence electrons. The van der Waals surface area contributed by atoms with Crippen LogP contribution in [0.1, 0.15) is 20.8 Å². The van der Waals surface area contributed by atoms with E-state index in [2.05, 4.69) is 26.1 Å². The summed E-state index contributed by atoms with van der Waals surface area (Å²) in [4.78, 5) is 0.248. The Morgan fingerprint density at radius 2 is 1.82 bits per heavy atom. The van der Waals surface area contributed by atoms with Crippen molar-refractivity contribution in [3.8, 4) is 0 Å². The van der Waals surface area contributed by atoms with Gasteiger partial charge in [-0.05, 0) is 31.0 Å². The van der Waals surface area contributed by atoms with Crippen molar-refractivity contribution in [2.45, 2.75) is 31.7 Å². The number of sulfone groups is 1. The molecule has 1 aromatic carbocycles. The quantitative estimate of drug-likeness (QED) is 0.809. The lowest BCUT2D eigenvalue weighted by molar-refractivity contribution is 0.560. The Labute approximate surface area is 103 Å². The molecule has 1 rings (SSSR count). The average Bonchev–Trinajstić information content (AvgIpc) is 2.19. The first-order valence-corrected chi connectivity index (χ1v) is 7.47. The van der Waals surface area contributed by atoms with Crippen molar-refractivity contribution in [3.05, 3.63) is 18.2 Å². The molecule has 0 fully saturated rings. The molecule has 0 spiro atoms. The van der Waals surface area contributed by atoms with Gasteiger partial charge in [0.05, 0.1) is 16.3 Å². The van der Waals surface area contributed by atoms with E-state index in [4.69, 9.17) is 5.73 Å². The molecule has 0 aliphatic rings. The predicted octanol–water partition coefficient (Wildman–Crippen LogP) is 2.13. The molecule has 0 bridgehead atoms. The fourth-order valence-corrected chi connectivity index (χ4v) is 1.97. The van der Waals surface area contributed by atoms with Gasteiger partial charge in [0, 0.05) is 12.3 Å². The maximum atomic E-state index is 11.4. The van der Waals surface area contributed by atoms with E-state index < -0.39 is 9.84 Å². The first-order valence-electron chi connectivity index (χ1n) is 5.58. The number of nitrogen functional groups attached to an aromatic ring is 1. The zero-order chi connectivity index (χ0) is 13.2. The summed E-state index contributed by atoms with van der Waals surface area (Å²) in [5.41, 5.74) is 7.07. The van der Waals surface area contributed by atoms with Crippen LogP contribution in [-0.2, 0) is 9.84 Å². The van der Waals surface area contributed by atoms with Crippen LogP contribution in [0.5, 0.6) is 0 Å². The van der Waals surface area contributed by atoms with Gasteiger partial charge in [-0.15, -0.1) is 0 Å². The van der Waals surface area contributed by atoms with E-state index in [0.717, 1.165) is 5.69 Å². The van der Waals surface area contributed by atoms with Gasteiger partial charge in [0.2, 0.25) is 0 Å². The predicted molar refractivity (Wildman–Crippen MR) is 71.9 cm³/mol. The molecule has 0 radical (unpaired) electrons. The number of hydrogen-bond donors (Lipinski definition) is 2. The van der Waals surface area contributed by atoms with E-state index in [0.29, 0.717) is 11.6 Å². The van der Waals surface area contributed by atoms with E-state index in [1.54, 1.807) is 12.1 Å². The number of anilines is 2. The summed E-state index contributed by atoms with van der Waals surface area (Å²) in [6.07, 6.45) is 1.17. The number of benzene rings is 1. The minimum atomic E-state index is -3.19. The van der Waals surface area contributed by atoms with E-state index in [1.807, 2.05) is 0 Å². The third-order valence-electron chi connectivity index (χ3n) is 2.83. The molecule has 0 aliphatic carbocycles. The topological polar surface area (TPSA) is 72.2 Å². The van der Waals surface area contributed by atoms with Crippen LogP contribution >= 0.6 is 0 Å². The molecule has 1 atom stereocenters. The number of nitrogens with one attached hydrogen (secondary N) is 1. The van der Waals surface area contributed by atoms with Gasteiger partial charge in [0.15, 0.2) is 9.84 Å². The Morgan fingerprint density at radius 3 is 2.24 bits per heavy atom. The fourth-order valence-electron chi connectivity index (χ4n) is 1.31. The Kier molecular flexibility index (Phi) is 4.03. The van der Waals surface area contributed by atoms with Crippen molar-refractivity contribution in [2.24, 2.45) is 5.92 Å². The molecule has 5 heteroatoms. The third kappa shape index (κ3) is 3.63. The molecular formula is C12H20N2O2S. The zero-order valence-corrected chi connectivity index (χ0v) is 11.5. The molecule has 0 saturated heterocycles. The summed E-state index contributed by atoms with van der Waals surface area (Å²) in [7, 11) is -3.19. The molecule has 4 nitrogen and oxygen atoms in total. The van der Waals surface area contributed by atoms with Crippen LogP contribution in [0.2, 0.25) is 0 Å². The number of nitrogens with two attached hydrogens (primary N) is 1. The maximum Gasteiger partial charge on any atom is 0.175 e. The van der Waals surface area contributed by atoms with Crippen LogP contribution in [0, 0.1) is 5.92 Å². The summed E-state index contributed by atoms with van der Waals surface area (Å²) >= 11 is 0. The second-order valence-electron chi connectivity index (χ2n) is 4.70. The average molecular weight is 256 g/mol. The lowest BCUT2D eigenvalue weighted by atomic mass is 10.1. The van der Waals surface area contributed by atoms with Crippen molar-refractivity contribution >= 4 is 21.2 Å². The summed E-state index contributed by atoms with van der Waals surface area (Å²) < 4.78 is 22.7. The van der Waals surface area contributed by atoms with Crippen molar-refractivity contribution < 1.29 is 8.42 Å². The largest absolute Gasteiger partial charge is 0.397 e. The van der Waals surface area contributed by atoms with Gasteiger partial charge in [-0.1, -0.05) is 13.8 Å². The second-order valence-corrected chi connectivity index (χ2v) is 6.71. The molecule has 0 heterocycles. The van der Waals surface area contributed by atoms with E-state index in [1.165, 1.54) is 12.3 Å². The molecule has 0 aromatic heterocycles. The molecular weight excluding hydrogens is 236 g/mol. The minimum absolute atomic E-state index is 0.248. The summed E-state index contributed by atoms with van der Waals surface area (Å²) in [6, 6.07) is 5.05. The molecule has 17 heavy (non-hydrogen) atoms. The Morgan fingerprint density at radius 1 is 1.24 bits per heavy atom. The fraction of sp³-hybridized carbons (Fsp3) is 0.500. The molecule has 0 amide bonds. The van der Waals surface area contributed by atoms with Crippen LogP contribution in [0.3, 0.4) is 0 Å². The first kappa shape index (κ1) is 13.8. The number of hydrogen-bond acceptors (Lipinski definition) is 4. The molecule has 1 unspecified atom stereocenters. The van der Waals surface area contributed by atoms with Gasteiger partial charge in [-0.3, -0.25) is 0 Å². The second kappa shape index (κ2) is 4.96. The first-order chi connectivity index (χ1) is 7.71. The van der Waals surface area contributed by atoms with Crippen molar-refractivity contribution in [1.82, 2.24) is 0 Å². The van der Waals surface area contributed by atoms with E-state index >= 15 is 0 Å². The number of rotatable bonds is 4. The van der Waals surface area contributed by atoms with Crippen molar-refractivity contribution in [3.63, 3.8) is 0 Å².